The third-order valence-electron chi connectivity index (χ3n) is 4.56. The number of carbonyl (C=O) groups excluding carboxylic acids is 1. The molecule has 0 bridgehead atoms. The van der Waals surface area contributed by atoms with E-state index in [0.29, 0.717) is 31.0 Å². The predicted molar refractivity (Wildman–Crippen MR) is 100 cm³/mol. The molecule has 1 fully saturated rings. The molecule has 1 aliphatic rings. The first-order valence-electron chi connectivity index (χ1n) is 8.73. The molecule has 0 atom stereocenters. The number of rotatable bonds is 6. The SMILES string of the molecule is Cc1nn(CC(=O)NCc2cccs2)c(C)c1S(=O)(=O)N1CCCCC1. The fraction of sp³-hybridized carbons (Fsp3) is 0.529. The highest BCUT2D eigenvalue weighted by Gasteiger charge is 2.31. The van der Waals surface area contributed by atoms with Crippen LogP contribution in [0, 0.1) is 13.8 Å². The molecule has 2 aromatic heterocycles. The highest BCUT2D eigenvalue weighted by Crippen LogP contribution is 2.26. The molecular weight excluding hydrogens is 372 g/mol. The van der Waals surface area contributed by atoms with Gasteiger partial charge in [0.1, 0.15) is 11.4 Å². The highest BCUT2D eigenvalue weighted by atomic mass is 32.2. The number of hydrogen-bond donors (Lipinski definition) is 1. The number of nitrogens with zero attached hydrogens (tertiary/aromatic N) is 3. The number of nitrogens with one attached hydrogen (secondary N) is 1. The number of hydrogen-bond acceptors (Lipinski definition) is 5. The van der Waals surface area contributed by atoms with Crippen molar-refractivity contribution in [2.75, 3.05) is 13.1 Å². The van der Waals surface area contributed by atoms with Crippen LogP contribution < -0.4 is 5.32 Å². The topological polar surface area (TPSA) is 84.3 Å². The number of carbonyl (C=O) groups is 1. The summed E-state index contributed by atoms with van der Waals surface area (Å²) in [5, 5.41) is 9.11. The summed E-state index contributed by atoms with van der Waals surface area (Å²) in [7, 11) is -3.57. The monoisotopic (exact) mass is 396 g/mol. The van der Waals surface area contributed by atoms with Gasteiger partial charge < -0.3 is 5.32 Å². The molecule has 9 heteroatoms. The molecule has 7 nitrogen and oxygen atoms in total. The average Bonchev–Trinajstić information content (AvgIpc) is 3.22. The first-order chi connectivity index (χ1) is 12.4. The van der Waals surface area contributed by atoms with Crippen LogP contribution in [0.2, 0.25) is 0 Å². The molecule has 0 aromatic carbocycles. The van der Waals surface area contributed by atoms with Crippen molar-refractivity contribution in [2.24, 2.45) is 0 Å². The molecule has 0 aliphatic carbocycles. The second kappa shape index (κ2) is 7.89. The zero-order chi connectivity index (χ0) is 18.7. The molecule has 142 valence electrons. The Kier molecular flexibility index (Phi) is 5.79. The molecule has 26 heavy (non-hydrogen) atoms. The van der Waals surface area contributed by atoms with Gasteiger partial charge in [-0.2, -0.15) is 9.40 Å². The van der Waals surface area contributed by atoms with Crippen LogP contribution in [-0.4, -0.2) is 41.5 Å². The maximum absolute atomic E-state index is 13.0. The molecule has 0 radical (unpaired) electrons. The molecule has 3 rings (SSSR count). The minimum atomic E-state index is -3.57. The second-order valence-electron chi connectivity index (χ2n) is 6.48. The lowest BCUT2D eigenvalue weighted by atomic mass is 10.2. The third kappa shape index (κ3) is 3.99. The van der Waals surface area contributed by atoms with Gasteiger partial charge >= 0.3 is 0 Å². The summed E-state index contributed by atoms with van der Waals surface area (Å²) < 4.78 is 29.0. The quantitative estimate of drug-likeness (QED) is 0.810. The van der Waals surface area contributed by atoms with Gasteiger partial charge in [-0.25, -0.2) is 8.42 Å². The van der Waals surface area contributed by atoms with Crippen molar-refractivity contribution in [3.63, 3.8) is 0 Å². The van der Waals surface area contributed by atoms with E-state index < -0.39 is 10.0 Å². The van der Waals surface area contributed by atoms with Crippen molar-refractivity contribution in [3.05, 3.63) is 33.8 Å². The Bertz CT molecular complexity index is 866. The molecule has 1 amide bonds. The van der Waals surface area contributed by atoms with Crippen LogP contribution in [0.1, 0.15) is 35.5 Å². The predicted octanol–water partition coefficient (Wildman–Crippen LogP) is 2.05. The summed E-state index contributed by atoms with van der Waals surface area (Å²) >= 11 is 1.58. The van der Waals surface area contributed by atoms with Crippen LogP contribution in [0.3, 0.4) is 0 Å². The molecule has 1 N–H and O–H groups in total. The third-order valence-corrected chi connectivity index (χ3v) is 7.59. The van der Waals surface area contributed by atoms with E-state index in [2.05, 4.69) is 10.4 Å². The van der Waals surface area contributed by atoms with Gasteiger partial charge in [-0.1, -0.05) is 12.5 Å². The van der Waals surface area contributed by atoms with Crippen LogP contribution in [0.25, 0.3) is 0 Å². The normalized spacial score (nSPS) is 15.9. The van der Waals surface area contributed by atoms with E-state index in [0.717, 1.165) is 24.1 Å². The Labute approximate surface area is 158 Å². The minimum absolute atomic E-state index is 0.00751. The van der Waals surface area contributed by atoms with Gasteiger partial charge in [0.2, 0.25) is 15.9 Å². The van der Waals surface area contributed by atoms with E-state index >= 15 is 0 Å². The molecule has 0 saturated carbocycles. The fourth-order valence-electron chi connectivity index (χ4n) is 3.23. The van der Waals surface area contributed by atoms with E-state index in [1.165, 1.54) is 8.99 Å². The van der Waals surface area contributed by atoms with Gasteiger partial charge in [0.25, 0.3) is 0 Å². The zero-order valence-electron chi connectivity index (χ0n) is 15.1. The Morgan fingerprint density at radius 3 is 2.65 bits per heavy atom. The van der Waals surface area contributed by atoms with Crippen LogP contribution in [0.15, 0.2) is 22.4 Å². The van der Waals surface area contributed by atoms with E-state index in [1.54, 1.807) is 25.2 Å². The summed E-state index contributed by atoms with van der Waals surface area (Å²) in [6.07, 6.45) is 2.83. The van der Waals surface area contributed by atoms with Crippen LogP contribution in [0.4, 0.5) is 0 Å². The Morgan fingerprint density at radius 1 is 1.27 bits per heavy atom. The van der Waals surface area contributed by atoms with E-state index in [9.17, 15) is 13.2 Å². The number of aromatic nitrogens is 2. The molecule has 1 aliphatic heterocycles. The van der Waals surface area contributed by atoms with Crippen LogP contribution in [-0.2, 0) is 27.9 Å². The molecule has 3 heterocycles. The van der Waals surface area contributed by atoms with E-state index in [1.807, 2.05) is 17.5 Å². The number of sulfonamides is 1. The first-order valence-corrected chi connectivity index (χ1v) is 11.0. The maximum Gasteiger partial charge on any atom is 0.246 e. The molecule has 0 spiro atoms. The number of thiophene rings is 1. The van der Waals surface area contributed by atoms with Crippen molar-refractivity contribution in [2.45, 2.75) is 51.1 Å². The van der Waals surface area contributed by atoms with Crippen LogP contribution >= 0.6 is 11.3 Å². The number of aryl methyl sites for hydroxylation is 1. The van der Waals surface area contributed by atoms with Gasteiger partial charge in [0.15, 0.2) is 0 Å². The zero-order valence-corrected chi connectivity index (χ0v) is 16.7. The van der Waals surface area contributed by atoms with Gasteiger partial charge in [0.05, 0.1) is 17.9 Å². The van der Waals surface area contributed by atoms with Gasteiger partial charge in [-0.3, -0.25) is 9.48 Å². The van der Waals surface area contributed by atoms with Gasteiger partial charge in [0, 0.05) is 18.0 Å². The van der Waals surface area contributed by atoms with Gasteiger partial charge in [-0.05, 0) is 38.1 Å². The smallest absolute Gasteiger partial charge is 0.246 e. The summed E-state index contributed by atoms with van der Waals surface area (Å²) in [6.45, 7) is 4.97. The Morgan fingerprint density at radius 2 is 2.00 bits per heavy atom. The lowest BCUT2D eigenvalue weighted by Crippen LogP contribution is -2.36. The lowest BCUT2D eigenvalue weighted by Gasteiger charge is -2.25. The Balaban J connectivity index is 1.74. The van der Waals surface area contributed by atoms with E-state index in [4.69, 9.17) is 0 Å². The molecule has 0 unspecified atom stereocenters. The standard InChI is InChI=1S/C17H24N4O3S2/c1-13-17(26(23,24)20-8-4-3-5-9-20)14(2)21(19-13)12-16(22)18-11-15-7-6-10-25-15/h6-7,10H,3-5,8-9,11-12H2,1-2H3,(H,18,22). The summed E-state index contributed by atoms with van der Waals surface area (Å²) in [6, 6.07) is 3.89. The molecule has 2 aromatic rings. The average molecular weight is 397 g/mol. The minimum Gasteiger partial charge on any atom is -0.350 e. The van der Waals surface area contributed by atoms with Crippen molar-refractivity contribution < 1.29 is 13.2 Å². The van der Waals surface area contributed by atoms with Crippen molar-refractivity contribution in [3.8, 4) is 0 Å². The van der Waals surface area contributed by atoms with Crippen molar-refractivity contribution in [1.82, 2.24) is 19.4 Å². The summed E-state index contributed by atoms with van der Waals surface area (Å²) in [5.41, 5.74) is 0.957. The lowest BCUT2D eigenvalue weighted by molar-refractivity contribution is -0.122. The summed E-state index contributed by atoms with van der Waals surface area (Å²) in [4.78, 5) is 13.5. The van der Waals surface area contributed by atoms with Crippen molar-refractivity contribution in [1.29, 1.82) is 0 Å². The first kappa shape index (κ1) is 19.1. The maximum atomic E-state index is 13.0. The van der Waals surface area contributed by atoms with Crippen LogP contribution in [0.5, 0.6) is 0 Å². The fourth-order valence-corrected chi connectivity index (χ4v) is 5.77. The Hall–Kier alpha value is -1.71. The highest BCUT2D eigenvalue weighted by molar-refractivity contribution is 7.89. The molecule has 1 saturated heterocycles. The van der Waals surface area contributed by atoms with Crippen molar-refractivity contribution >= 4 is 27.3 Å². The second-order valence-corrected chi connectivity index (χ2v) is 9.39. The number of amides is 1. The molecular formula is C17H24N4O3S2. The number of piperidine rings is 1. The summed E-state index contributed by atoms with van der Waals surface area (Å²) in [5.74, 6) is -0.189. The van der Waals surface area contributed by atoms with E-state index in [-0.39, 0.29) is 17.3 Å². The van der Waals surface area contributed by atoms with Gasteiger partial charge in [-0.15, -0.1) is 11.3 Å². The largest absolute Gasteiger partial charge is 0.350 e.